The molecule has 0 fully saturated rings. The number of ether oxygens (including phenoxy) is 8. The molecular formula is C36H44O11. The van der Waals surface area contributed by atoms with Crippen molar-refractivity contribution in [3.63, 3.8) is 0 Å². The molecule has 47 heavy (non-hydrogen) atoms. The summed E-state index contributed by atoms with van der Waals surface area (Å²) in [5, 5.41) is 0. The van der Waals surface area contributed by atoms with Crippen LogP contribution in [0, 0.1) is 33.1 Å². The third-order valence-electron chi connectivity index (χ3n) is 8.24. The van der Waals surface area contributed by atoms with Crippen LogP contribution in [-0.4, -0.2) is 73.3 Å². The largest absolute Gasteiger partial charge is 0.493 e. The van der Waals surface area contributed by atoms with E-state index in [0.717, 1.165) is 16.7 Å². The van der Waals surface area contributed by atoms with Crippen LogP contribution in [-0.2, 0) is 14.2 Å². The van der Waals surface area contributed by atoms with Gasteiger partial charge in [-0.1, -0.05) is 6.92 Å². The minimum atomic E-state index is -1.10. The van der Waals surface area contributed by atoms with E-state index in [2.05, 4.69) is 0 Å². The first-order chi connectivity index (χ1) is 22.4. The molecule has 11 nitrogen and oxygen atoms in total. The van der Waals surface area contributed by atoms with Gasteiger partial charge in [0.2, 0.25) is 5.75 Å². The molecule has 254 valence electrons. The minimum absolute atomic E-state index is 0.143. The molecule has 1 atom stereocenters. The maximum Gasteiger partial charge on any atom is 0.338 e. The highest BCUT2D eigenvalue weighted by Crippen LogP contribution is 2.39. The smallest absolute Gasteiger partial charge is 0.338 e. The van der Waals surface area contributed by atoms with Gasteiger partial charge in [0.25, 0.3) is 0 Å². The molecule has 0 aliphatic rings. The van der Waals surface area contributed by atoms with E-state index in [1.165, 1.54) is 53.7 Å². The van der Waals surface area contributed by atoms with E-state index in [1.807, 2.05) is 27.7 Å². The number of methoxy groups -OCH3 is 5. The molecule has 11 heteroatoms. The van der Waals surface area contributed by atoms with Crippen LogP contribution in [0.4, 0.5) is 0 Å². The zero-order chi connectivity index (χ0) is 34.9. The van der Waals surface area contributed by atoms with Crippen molar-refractivity contribution >= 4 is 17.9 Å². The predicted molar refractivity (Wildman–Crippen MR) is 175 cm³/mol. The molecule has 0 aromatic heterocycles. The number of benzene rings is 3. The van der Waals surface area contributed by atoms with Crippen LogP contribution < -0.4 is 23.7 Å². The van der Waals surface area contributed by atoms with Crippen LogP contribution in [0.15, 0.2) is 36.4 Å². The van der Waals surface area contributed by atoms with Crippen molar-refractivity contribution in [2.24, 2.45) is 5.41 Å². The molecule has 0 heterocycles. The molecule has 0 bridgehead atoms. The maximum absolute atomic E-state index is 13.3. The fraction of sp³-hybridized carbons (Fsp3) is 0.417. The van der Waals surface area contributed by atoms with Gasteiger partial charge in [0.05, 0.1) is 57.7 Å². The summed E-state index contributed by atoms with van der Waals surface area (Å²) >= 11 is 0. The summed E-state index contributed by atoms with van der Waals surface area (Å²) in [6.07, 6.45) is 0.326. The number of esters is 3. The first kappa shape index (κ1) is 36.5. The van der Waals surface area contributed by atoms with Gasteiger partial charge in [-0.05, 0) is 92.8 Å². The van der Waals surface area contributed by atoms with Crippen LogP contribution >= 0.6 is 0 Å². The van der Waals surface area contributed by atoms with Crippen LogP contribution in [0.5, 0.6) is 28.7 Å². The lowest BCUT2D eigenvalue weighted by molar-refractivity contribution is -0.0381. The zero-order valence-corrected chi connectivity index (χ0v) is 28.8. The fourth-order valence-corrected chi connectivity index (χ4v) is 4.96. The Kier molecular flexibility index (Phi) is 12.5. The third-order valence-corrected chi connectivity index (χ3v) is 8.24. The summed E-state index contributed by atoms with van der Waals surface area (Å²) in [6, 6.07) is 9.63. The summed E-state index contributed by atoms with van der Waals surface area (Å²) in [5.41, 5.74) is 3.35. The molecule has 0 N–H and O–H groups in total. The van der Waals surface area contributed by atoms with Gasteiger partial charge in [-0.2, -0.15) is 0 Å². The Labute approximate surface area is 276 Å². The molecule has 0 saturated heterocycles. The lowest BCUT2D eigenvalue weighted by atomic mass is 9.87. The van der Waals surface area contributed by atoms with Gasteiger partial charge < -0.3 is 37.9 Å². The molecule has 0 aliphatic heterocycles. The Morgan fingerprint density at radius 2 is 0.851 bits per heavy atom. The second-order valence-electron chi connectivity index (χ2n) is 11.3. The standard InChI is InChI=1S/C36H44O11/c1-11-36(18-45-33(37)25-12-21(2)24(5)22(3)13-25,19-46-34(38)26-14-23(4)31(43-9)28(15-26)40-6)20-47-35(39)27-16-29(41-7)32(44-10)30(17-27)42-8/h12-17H,11,18-20H2,1-10H3. The van der Waals surface area contributed by atoms with Gasteiger partial charge in [-0.25, -0.2) is 14.4 Å². The van der Waals surface area contributed by atoms with Crippen molar-refractivity contribution in [1.29, 1.82) is 0 Å². The fourth-order valence-electron chi connectivity index (χ4n) is 4.96. The lowest BCUT2D eigenvalue weighted by Crippen LogP contribution is -2.39. The van der Waals surface area contributed by atoms with Crippen molar-refractivity contribution in [2.45, 2.75) is 41.0 Å². The molecule has 0 aliphatic carbocycles. The quantitative estimate of drug-likeness (QED) is 0.137. The molecule has 3 aromatic carbocycles. The van der Waals surface area contributed by atoms with Crippen LogP contribution in [0.3, 0.4) is 0 Å². The molecule has 0 radical (unpaired) electrons. The van der Waals surface area contributed by atoms with Gasteiger partial charge in [-0.3, -0.25) is 0 Å². The van der Waals surface area contributed by atoms with Crippen LogP contribution in [0.2, 0.25) is 0 Å². The summed E-state index contributed by atoms with van der Waals surface area (Å²) < 4.78 is 44.2. The molecule has 3 aromatic rings. The van der Waals surface area contributed by atoms with E-state index < -0.39 is 23.3 Å². The van der Waals surface area contributed by atoms with E-state index in [0.29, 0.717) is 34.8 Å². The van der Waals surface area contributed by atoms with Gasteiger partial charge in [0.1, 0.15) is 19.8 Å². The normalized spacial score (nSPS) is 12.0. The van der Waals surface area contributed by atoms with Crippen LogP contribution in [0.1, 0.15) is 66.7 Å². The Hall–Kier alpha value is -4.93. The SMILES string of the molecule is CCC(COC(=O)c1cc(C)c(C)c(C)c1)(COC(=O)c1cc(C)c(OC)c(OC)c1)COC(=O)c1cc(OC)c(OC)c(OC)c1. The minimum Gasteiger partial charge on any atom is -0.493 e. The first-order valence-corrected chi connectivity index (χ1v) is 15.0. The number of hydrogen-bond donors (Lipinski definition) is 0. The molecule has 3 rings (SSSR count). The van der Waals surface area contributed by atoms with Crippen LogP contribution in [0.25, 0.3) is 0 Å². The highest BCUT2D eigenvalue weighted by Gasteiger charge is 2.35. The third kappa shape index (κ3) is 8.46. The Balaban J connectivity index is 1.90. The maximum atomic E-state index is 13.3. The average molecular weight is 653 g/mol. The summed E-state index contributed by atoms with van der Waals surface area (Å²) in [5.74, 6) is -0.141. The van der Waals surface area contributed by atoms with E-state index >= 15 is 0 Å². The van der Waals surface area contributed by atoms with E-state index in [1.54, 1.807) is 25.1 Å². The number of rotatable bonds is 15. The van der Waals surface area contributed by atoms with E-state index in [9.17, 15) is 14.4 Å². The Morgan fingerprint density at radius 1 is 0.511 bits per heavy atom. The number of aryl methyl sites for hydroxylation is 3. The molecule has 0 amide bonds. The average Bonchev–Trinajstić information content (AvgIpc) is 3.08. The highest BCUT2D eigenvalue weighted by atomic mass is 16.6. The van der Waals surface area contributed by atoms with Gasteiger partial charge in [0, 0.05) is 0 Å². The van der Waals surface area contributed by atoms with E-state index in [-0.39, 0.29) is 42.4 Å². The molecule has 1 unspecified atom stereocenters. The van der Waals surface area contributed by atoms with Gasteiger partial charge in [-0.15, -0.1) is 0 Å². The van der Waals surface area contributed by atoms with Crippen molar-refractivity contribution < 1.29 is 52.3 Å². The van der Waals surface area contributed by atoms with Gasteiger partial charge >= 0.3 is 17.9 Å². The second kappa shape index (κ2) is 16.1. The Morgan fingerprint density at radius 3 is 1.21 bits per heavy atom. The number of carbonyl (C=O) groups is 3. The first-order valence-electron chi connectivity index (χ1n) is 15.0. The monoisotopic (exact) mass is 652 g/mol. The number of carbonyl (C=O) groups excluding carboxylic acids is 3. The second-order valence-corrected chi connectivity index (χ2v) is 11.3. The summed E-state index contributed by atoms with van der Waals surface area (Å²) in [6.45, 7) is 8.78. The van der Waals surface area contributed by atoms with Crippen molar-refractivity contribution in [1.82, 2.24) is 0 Å². The summed E-state index contributed by atoms with van der Waals surface area (Å²) in [4.78, 5) is 39.8. The zero-order valence-electron chi connectivity index (χ0n) is 28.8. The summed E-state index contributed by atoms with van der Waals surface area (Å²) in [7, 11) is 7.32. The number of hydrogen-bond acceptors (Lipinski definition) is 11. The van der Waals surface area contributed by atoms with E-state index in [4.69, 9.17) is 37.9 Å². The van der Waals surface area contributed by atoms with Crippen molar-refractivity contribution in [3.8, 4) is 28.7 Å². The van der Waals surface area contributed by atoms with Crippen molar-refractivity contribution in [3.05, 3.63) is 75.3 Å². The molecular weight excluding hydrogens is 608 g/mol. The van der Waals surface area contributed by atoms with Gasteiger partial charge in [0.15, 0.2) is 23.0 Å². The van der Waals surface area contributed by atoms with Crippen molar-refractivity contribution in [2.75, 3.05) is 55.4 Å². The predicted octanol–water partition coefficient (Wildman–Crippen LogP) is 6.23. The topological polar surface area (TPSA) is 125 Å². The molecule has 0 spiro atoms. The molecule has 0 saturated carbocycles. The Bertz CT molecular complexity index is 1560. The highest BCUT2D eigenvalue weighted by molar-refractivity contribution is 5.92. The lowest BCUT2D eigenvalue weighted by Gasteiger charge is -2.31.